The van der Waals surface area contributed by atoms with Gasteiger partial charge in [-0.15, -0.1) is 0 Å². The first-order valence-corrected chi connectivity index (χ1v) is 6.44. The lowest BCUT2D eigenvalue weighted by Crippen LogP contribution is -2.26. The molecule has 0 aliphatic heterocycles. The molecule has 2 heterocycles. The Kier molecular flexibility index (Phi) is 4.52. The minimum atomic E-state index is -0.173. The molecule has 2 aromatic heterocycles. The van der Waals surface area contributed by atoms with E-state index in [4.69, 9.17) is 0 Å². The molecular formula is C14H19N3O2. The van der Waals surface area contributed by atoms with Gasteiger partial charge in [0.05, 0.1) is 19.2 Å². The average Bonchev–Trinajstić information content (AvgIpc) is 2.85. The number of pyridine rings is 1. The highest BCUT2D eigenvalue weighted by Gasteiger charge is 2.09. The van der Waals surface area contributed by atoms with Gasteiger partial charge in [0, 0.05) is 25.5 Å². The van der Waals surface area contributed by atoms with Crippen LogP contribution < -0.4 is 0 Å². The Morgan fingerprint density at radius 2 is 2.32 bits per heavy atom. The van der Waals surface area contributed by atoms with E-state index in [2.05, 4.69) is 21.5 Å². The third-order valence-electron chi connectivity index (χ3n) is 3.11. The second kappa shape index (κ2) is 6.33. The molecule has 19 heavy (non-hydrogen) atoms. The molecule has 0 fully saturated rings. The summed E-state index contributed by atoms with van der Waals surface area (Å²) in [5.41, 5.74) is 1.96. The van der Waals surface area contributed by atoms with Gasteiger partial charge >= 0.3 is 5.97 Å². The fourth-order valence-electron chi connectivity index (χ4n) is 1.99. The standard InChI is InChI=1S/C14H19N3O2/c1-3-16(9-7-14(18)19-2)10-12-11-17-8-5-4-6-13(17)15-12/h4-6,8,11H,3,7,9-10H2,1-2H3. The first kappa shape index (κ1) is 13.5. The number of hydrogen-bond donors (Lipinski definition) is 0. The van der Waals surface area contributed by atoms with Crippen LogP contribution in [0, 0.1) is 0 Å². The van der Waals surface area contributed by atoms with Crippen molar-refractivity contribution in [3.63, 3.8) is 0 Å². The van der Waals surface area contributed by atoms with Crippen LogP contribution in [0.4, 0.5) is 0 Å². The summed E-state index contributed by atoms with van der Waals surface area (Å²) >= 11 is 0. The Balaban J connectivity index is 1.99. The number of fused-ring (bicyclic) bond motifs is 1. The summed E-state index contributed by atoms with van der Waals surface area (Å²) in [7, 11) is 1.42. The minimum absolute atomic E-state index is 0.173. The molecule has 0 unspecified atom stereocenters. The smallest absolute Gasteiger partial charge is 0.306 e. The van der Waals surface area contributed by atoms with E-state index in [1.165, 1.54) is 7.11 Å². The first-order valence-electron chi connectivity index (χ1n) is 6.44. The van der Waals surface area contributed by atoms with E-state index in [1.807, 2.05) is 35.0 Å². The van der Waals surface area contributed by atoms with E-state index >= 15 is 0 Å². The molecule has 0 bridgehead atoms. The van der Waals surface area contributed by atoms with E-state index in [9.17, 15) is 4.79 Å². The number of carbonyl (C=O) groups excluding carboxylic acids is 1. The molecule has 5 heteroatoms. The number of ether oxygens (including phenoxy) is 1. The van der Waals surface area contributed by atoms with Gasteiger partial charge < -0.3 is 9.14 Å². The highest BCUT2D eigenvalue weighted by atomic mass is 16.5. The van der Waals surface area contributed by atoms with Crippen molar-refractivity contribution in [2.24, 2.45) is 0 Å². The number of methoxy groups -OCH3 is 1. The van der Waals surface area contributed by atoms with E-state index in [0.717, 1.165) is 24.4 Å². The second-order valence-corrected chi connectivity index (χ2v) is 4.39. The predicted octanol–water partition coefficient (Wildman–Crippen LogP) is 1.72. The molecule has 0 spiro atoms. The molecule has 0 radical (unpaired) electrons. The number of imidazole rings is 1. The maximum atomic E-state index is 11.2. The van der Waals surface area contributed by atoms with Crippen molar-refractivity contribution in [2.75, 3.05) is 20.2 Å². The van der Waals surface area contributed by atoms with Crippen LogP contribution in [0.2, 0.25) is 0 Å². The lowest BCUT2D eigenvalue weighted by molar-refractivity contribution is -0.141. The summed E-state index contributed by atoms with van der Waals surface area (Å²) in [5, 5.41) is 0. The number of carbonyl (C=O) groups is 1. The highest BCUT2D eigenvalue weighted by Crippen LogP contribution is 2.07. The number of aromatic nitrogens is 2. The van der Waals surface area contributed by atoms with Crippen molar-refractivity contribution >= 4 is 11.6 Å². The summed E-state index contributed by atoms with van der Waals surface area (Å²) in [5.74, 6) is -0.173. The van der Waals surface area contributed by atoms with Gasteiger partial charge in [0.2, 0.25) is 0 Å². The quantitative estimate of drug-likeness (QED) is 0.743. The van der Waals surface area contributed by atoms with E-state index in [0.29, 0.717) is 13.0 Å². The van der Waals surface area contributed by atoms with Gasteiger partial charge in [0.25, 0.3) is 0 Å². The molecular weight excluding hydrogens is 242 g/mol. The van der Waals surface area contributed by atoms with Crippen LogP contribution in [0.3, 0.4) is 0 Å². The molecule has 102 valence electrons. The minimum Gasteiger partial charge on any atom is -0.469 e. The molecule has 0 aromatic carbocycles. The van der Waals surface area contributed by atoms with E-state index in [-0.39, 0.29) is 5.97 Å². The predicted molar refractivity (Wildman–Crippen MR) is 72.8 cm³/mol. The van der Waals surface area contributed by atoms with Crippen LogP contribution in [0.5, 0.6) is 0 Å². The molecule has 0 atom stereocenters. The van der Waals surface area contributed by atoms with Gasteiger partial charge in [-0.05, 0) is 18.7 Å². The van der Waals surface area contributed by atoms with Crippen molar-refractivity contribution in [1.82, 2.24) is 14.3 Å². The lowest BCUT2D eigenvalue weighted by atomic mass is 10.3. The first-order chi connectivity index (χ1) is 9.22. The molecule has 2 aromatic rings. The molecule has 0 aliphatic carbocycles. The SMILES string of the molecule is CCN(CCC(=O)OC)Cc1cn2ccccc2n1. The zero-order valence-electron chi connectivity index (χ0n) is 11.4. The Hall–Kier alpha value is -1.88. The van der Waals surface area contributed by atoms with Crippen LogP contribution in [-0.4, -0.2) is 40.5 Å². The van der Waals surface area contributed by atoms with Crippen molar-refractivity contribution in [2.45, 2.75) is 19.9 Å². The summed E-state index contributed by atoms with van der Waals surface area (Å²) in [6.45, 7) is 4.39. The maximum absolute atomic E-state index is 11.2. The Labute approximate surface area is 112 Å². The molecule has 0 amide bonds. The zero-order valence-corrected chi connectivity index (χ0v) is 11.4. The maximum Gasteiger partial charge on any atom is 0.306 e. The number of rotatable bonds is 6. The average molecular weight is 261 g/mol. The molecule has 0 saturated carbocycles. The van der Waals surface area contributed by atoms with E-state index in [1.54, 1.807) is 0 Å². The summed E-state index contributed by atoms with van der Waals surface area (Å²) < 4.78 is 6.66. The Bertz CT molecular complexity index is 517. The number of hydrogen-bond acceptors (Lipinski definition) is 4. The van der Waals surface area contributed by atoms with Crippen molar-refractivity contribution < 1.29 is 9.53 Å². The molecule has 0 saturated heterocycles. The van der Waals surface area contributed by atoms with Gasteiger partial charge in [0.1, 0.15) is 5.65 Å². The van der Waals surface area contributed by atoms with Gasteiger partial charge in [-0.1, -0.05) is 13.0 Å². The molecule has 5 nitrogen and oxygen atoms in total. The summed E-state index contributed by atoms with van der Waals surface area (Å²) in [4.78, 5) is 17.9. The number of esters is 1. The monoisotopic (exact) mass is 261 g/mol. The van der Waals surface area contributed by atoms with Crippen LogP contribution >= 0.6 is 0 Å². The van der Waals surface area contributed by atoms with Gasteiger partial charge in [-0.2, -0.15) is 0 Å². The number of nitrogens with zero attached hydrogens (tertiary/aromatic N) is 3. The second-order valence-electron chi connectivity index (χ2n) is 4.39. The third kappa shape index (κ3) is 3.54. The van der Waals surface area contributed by atoms with Crippen LogP contribution in [-0.2, 0) is 16.1 Å². The molecule has 2 rings (SSSR count). The lowest BCUT2D eigenvalue weighted by Gasteiger charge is -2.18. The van der Waals surface area contributed by atoms with Crippen molar-refractivity contribution in [3.8, 4) is 0 Å². The summed E-state index contributed by atoms with van der Waals surface area (Å²) in [6, 6.07) is 5.93. The zero-order chi connectivity index (χ0) is 13.7. The fourth-order valence-corrected chi connectivity index (χ4v) is 1.99. The van der Waals surface area contributed by atoms with Crippen LogP contribution in [0.25, 0.3) is 5.65 Å². The largest absolute Gasteiger partial charge is 0.469 e. The Morgan fingerprint density at radius 1 is 1.47 bits per heavy atom. The third-order valence-corrected chi connectivity index (χ3v) is 3.11. The summed E-state index contributed by atoms with van der Waals surface area (Å²) in [6.07, 6.45) is 4.42. The van der Waals surface area contributed by atoms with Gasteiger partial charge in [-0.3, -0.25) is 9.69 Å². The fraction of sp³-hybridized carbons (Fsp3) is 0.429. The normalized spacial score (nSPS) is 11.1. The van der Waals surface area contributed by atoms with Crippen LogP contribution in [0.15, 0.2) is 30.6 Å². The van der Waals surface area contributed by atoms with Crippen molar-refractivity contribution in [3.05, 3.63) is 36.3 Å². The van der Waals surface area contributed by atoms with Crippen LogP contribution in [0.1, 0.15) is 19.0 Å². The van der Waals surface area contributed by atoms with Crippen molar-refractivity contribution in [1.29, 1.82) is 0 Å². The molecule has 0 N–H and O–H groups in total. The molecule has 0 aliphatic rings. The van der Waals surface area contributed by atoms with E-state index < -0.39 is 0 Å². The topological polar surface area (TPSA) is 46.8 Å². The van der Waals surface area contributed by atoms with Gasteiger partial charge in [0.15, 0.2) is 0 Å². The van der Waals surface area contributed by atoms with Gasteiger partial charge in [-0.25, -0.2) is 4.98 Å². The highest BCUT2D eigenvalue weighted by molar-refractivity contribution is 5.69. The Morgan fingerprint density at radius 3 is 3.00 bits per heavy atom.